The Hall–Kier alpha value is -0.830. The zero-order chi connectivity index (χ0) is 13.3. The number of nitrogens with one attached hydrogen (secondary N) is 1. The first-order chi connectivity index (χ1) is 7.69. The monoisotopic (exact) mass is 238 g/mol. The Balaban J connectivity index is 2.83. The van der Waals surface area contributed by atoms with Crippen molar-refractivity contribution in [1.29, 1.82) is 0 Å². The Bertz CT molecular complexity index is 306. The fourth-order valence-electron chi connectivity index (χ4n) is 2.61. The molecular formula is C14H26N2O. The largest absolute Gasteiger partial charge is 0.351 e. The predicted molar refractivity (Wildman–Crippen MR) is 71.8 cm³/mol. The van der Waals surface area contributed by atoms with Gasteiger partial charge in [0.15, 0.2) is 0 Å². The molecule has 98 valence electrons. The average molecular weight is 238 g/mol. The van der Waals surface area contributed by atoms with Gasteiger partial charge in [-0.25, -0.2) is 0 Å². The number of hydrogen-bond acceptors (Lipinski definition) is 2. The number of amides is 1. The first kappa shape index (κ1) is 14.2. The van der Waals surface area contributed by atoms with Crippen molar-refractivity contribution in [3.05, 3.63) is 12.7 Å². The maximum atomic E-state index is 12.4. The number of allylic oxidation sites excluding steroid dienone is 1. The van der Waals surface area contributed by atoms with Crippen LogP contribution in [0.1, 0.15) is 34.1 Å². The van der Waals surface area contributed by atoms with Crippen molar-refractivity contribution >= 4 is 5.91 Å². The summed E-state index contributed by atoms with van der Waals surface area (Å²) in [6.45, 7) is 13.7. The van der Waals surface area contributed by atoms with Gasteiger partial charge in [-0.1, -0.05) is 6.08 Å². The summed E-state index contributed by atoms with van der Waals surface area (Å²) in [7, 11) is 2.08. The minimum atomic E-state index is -0.295. The van der Waals surface area contributed by atoms with Gasteiger partial charge in [-0.05, 0) is 47.1 Å². The van der Waals surface area contributed by atoms with Gasteiger partial charge in [-0.3, -0.25) is 4.79 Å². The van der Waals surface area contributed by atoms with Gasteiger partial charge in [0.25, 0.3) is 0 Å². The molecular weight excluding hydrogens is 212 g/mol. The number of rotatable bonds is 3. The molecule has 1 N–H and O–H groups in total. The average Bonchev–Trinajstić information content (AvgIpc) is 2.41. The van der Waals surface area contributed by atoms with Crippen LogP contribution in [0.2, 0.25) is 0 Å². The smallest absolute Gasteiger partial charge is 0.227 e. The number of likely N-dealkylation sites (tertiary alicyclic amines) is 1. The van der Waals surface area contributed by atoms with E-state index in [1.807, 2.05) is 26.8 Å². The van der Waals surface area contributed by atoms with E-state index in [0.717, 1.165) is 19.5 Å². The topological polar surface area (TPSA) is 32.3 Å². The molecule has 1 saturated heterocycles. The van der Waals surface area contributed by atoms with Crippen molar-refractivity contribution in [3.63, 3.8) is 0 Å². The van der Waals surface area contributed by atoms with Gasteiger partial charge < -0.3 is 10.2 Å². The zero-order valence-electron chi connectivity index (χ0n) is 11.8. The second-order valence-corrected chi connectivity index (χ2v) is 6.54. The highest BCUT2D eigenvalue weighted by molar-refractivity contribution is 5.84. The van der Waals surface area contributed by atoms with Crippen molar-refractivity contribution in [2.45, 2.75) is 39.7 Å². The molecule has 1 aliphatic heterocycles. The Morgan fingerprint density at radius 3 is 2.65 bits per heavy atom. The molecule has 1 rings (SSSR count). The van der Waals surface area contributed by atoms with Crippen LogP contribution in [0, 0.1) is 11.3 Å². The van der Waals surface area contributed by atoms with Gasteiger partial charge in [-0.15, -0.1) is 6.58 Å². The molecule has 0 aromatic rings. The molecule has 0 saturated carbocycles. The van der Waals surface area contributed by atoms with E-state index in [4.69, 9.17) is 0 Å². The Morgan fingerprint density at radius 2 is 2.18 bits per heavy atom. The predicted octanol–water partition coefficient (Wildman–Crippen LogP) is 2.05. The molecule has 1 amide bonds. The van der Waals surface area contributed by atoms with Gasteiger partial charge in [0.2, 0.25) is 5.91 Å². The normalized spacial score (nSPS) is 30.3. The third-order valence-electron chi connectivity index (χ3n) is 3.49. The van der Waals surface area contributed by atoms with Gasteiger partial charge >= 0.3 is 0 Å². The van der Waals surface area contributed by atoms with E-state index < -0.39 is 0 Å². The zero-order valence-corrected chi connectivity index (χ0v) is 11.8. The minimum Gasteiger partial charge on any atom is -0.351 e. The molecule has 1 aliphatic rings. The highest BCUT2D eigenvalue weighted by Gasteiger charge is 2.47. The highest BCUT2D eigenvalue weighted by atomic mass is 16.2. The summed E-state index contributed by atoms with van der Waals surface area (Å²) < 4.78 is 0. The molecule has 3 heteroatoms. The van der Waals surface area contributed by atoms with Crippen molar-refractivity contribution < 1.29 is 4.79 Å². The fraction of sp³-hybridized carbons (Fsp3) is 0.786. The minimum absolute atomic E-state index is 0.167. The van der Waals surface area contributed by atoms with Crippen LogP contribution in [0.5, 0.6) is 0 Å². The van der Waals surface area contributed by atoms with Crippen LogP contribution in [0.25, 0.3) is 0 Å². The third kappa shape index (κ3) is 3.32. The molecule has 1 fully saturated rings. The highest BCUT2D eigenvalue weighted by Crippen LogP contribution is 2.38. The van der Waals surface area contributed by atoms with Gasteiger partial charge in [-0.2, -0.15) is 0 Å². The number of hydrogen-bond donors (Lipinski definition) is 1. The van der Waals surface area contributed by atoms with Crippen LogP contribution in [-0.4, -0.2) is 36.5 Å². The quantitative estimate of drug-likeness (QED) is 0.763. The lowest BCUT2D eigenvalue weighted by atomic mass is 9.77. The molecule has 1 unspecified atom stereocenters. The molecule has 0 bridgehead atoms. The first-order valence-electron chi connectivity index (χ1n) is 6.31. The molecule has 0 radical (unpaired) electrons. The van der Waals surface area contributed by atoms with E-state index in [-0.39, 0.29) is 16.9 Å². The standard InChI is InChI=1S/C14H26N2O/c1-7-8-11-9-16(6)10-14(11,5)12(17)15-13(2,3)4/h7,11H,1,8-10H2,2-6H3,(H,15,17)/t11?,14-/m1/s1. The Labute approximate surface area is 105 Å². The van der Waals surface area contributed by atoms with Crippen LogP contribution >= 0.6 is 0 Å². The number of carbonyl (C=O) groups excluding carboxylic acids is 1. The maximum Gasteiger partial charge on any atom is 0.227 e. The summed E-state index contributed by atoms with van der Waals surface area (Å²) in [5, 5.41) is 3.11. The maximum absolute atomic E-state index is 12.4. The van der Waals surface area contributed by atoms with E-state index in [0.29, 0.717) is 5.92 Å². The lowest BCUT2D eigenvalue weighted by Crippen LogP contribution is -2.51. The van der Waals surface area contributed by atoms with E-state index in [9.17, 15) is 4.79 Å². The van der Waals surface area contributed by atoms with Gasteiger partial charge in [0.1, 0.15) is 0 Å². The van der Waals surface area contributed by atoms with E-state index >= 15 is 0 Å². The molecule has 0 spiro atoms. The van der Waals surface area contributed by atoms with Crippen LogP contribution in [0.15, 0.2) is 12.7 Å². The molecule has 3 nitrogen and oxygen atoms in total. The number of nitrogens with zero attached hydrogens (tertiary/aromatic N) is 1. The van der Waals surface area contributed by atoms with E-state index in [1.165, 1.54) is 0 Å². The number of carbonyl (C=O) groups is 1. The molecule has 0 aliphatic carbocycles. The van der Waals surface area contributed by atoms with Crippen LogP contribution in [-0.2, 0) is 4.79 Å². The summed E-state index contributed by atoms with van der Waals surface area (Å²) in [6.07, 6.45) is 2.82. The molecule has 0 aromatic carbocycles. The van der Waals surface area contributed by atoms with Crippen LogP contribution < -0.4 is 5.32 Å². The van der Waals surface area contributed by atoms with Gasteiger partial charge in [0, 0.05) is 18.6 Å². The summed E-state index contributed by atoms with van der Waals surface area (Å²) in [5.41, 5.74) is -0.462. The fourth-order valence-corrected chi connectivity index (χ4v) is 2.61. The molecule has 2 atom stereocenters. The Kier molecular flexibility index (Phi) is 4.03. The van der Waals surface area contributed by atoms with Crippen molar-refractivity contribution in [3.8, 4) is 0 Å². The molecule has 0 aromatic heterocycles. The van der Waals surface area contributed by atoms with E-state index in [1.54, 1.807) is 0 Å². The van der Waals surface area contributed by atoms with Gasteiger partial charge in [0.05, 0.1) is 5.41 Å². The van der Waals surface area contributed by atoms with E-state index in [2.05, 4.69) is 30.8 Å². The summed E-state index contributed by atoms with van der Waals surface area (Å²) >= 11 is 0. The van der Waals surface area contributed by atoms with Crippen LogP contribution in [0.4, 0.5) is 0 Å². The second-order valence-electron chi connectivity index (χ2n) is 6.54. The first-order valence-corrected chi connectivity index (χ1v) is 6.31. The van der Waals surface area contributed by atoms with Crippen molar-refractivity contribution in [1.82, 2.24) is 10.2 Å². The van der Waals surface area contributed by atoms with Crippen LogP contribution in [0.3, 0.4) is 0 Å². The summed E-state index contributed by atoms with van der Waals surface area (Å²) in [6, 6.07) is 0. The summed E-state index contributed by atoms with van der Waals surface area (Å²) in [5.74, 6) is 0.536. The van der Waals surface area contributed by atoms with Crippen molar-refractivity contribution in [2.24, 2.45) is 11.3 Å². The summed E-state index contributed by atoms with van der Waals surface area (Å²) in [4.78, 5) is 14.7. The lowest BCUT2D eigenvalue weighted by molar-refractivity contribution is -0.133. The molecule has 1 heterocycles. The lowest BCUT2D eigenvalue weighted by Gasteiger charge is -2.32. The van der Waals surface area contributed by atoms with Crippen molar-refractivity contribution in [2.75, 3.05) is 20.1 Å². The SMILES string of the molecule is C=CCC1CN(C)C[C@@]1(C)C(=O)NC(C)(C)C. The Morgan fingerprint density at radius 1 is 1.59 bits per heavy atom. The molecule has 17 heavy (non-hydrogen) atoms. The second kappa shape index (κ2) is 4.81. The third-order valence-corrected chi connectivity index (χ3v) is 3.49.